The number of nitrogens with zero attached hydrogens (tertiary/aromatic N) is 1. The van der Waals surface area contributed by atoms with Crippen LogP contribution in [-0.2, 0) is 4.79 Å². The average molecular weight is 218 g/mol. The van der Waals surface area contributed by atoms with Crippen molar-refractivity contribution in [2.45, 2.75) is 25.8 Å². The van der Waals surface area contributed by atoms with Gasteiger partial charge in [0.05, 0.1) is 6.54 Å². The number of rotatable bonds is 4. The van der Waals surface area contributed by atoms with Gasteiger partial charge in [-0.25, -0.2) is 0 Å². The summed E-state index contributed by atoms with van der Waals surface area (Å²) in [7, 11) is 1.89. The molecule has 0 heterocycles. The smallest absolute Gasteiger partial charge is 0.241 e. The fourth-order valence-electron chi connectivity index (χ4n) is 1.73. The first kappa shape index (κ1) is 11.0. The summed E-state index contributed by atoms with van der Waals surface area (Å²) in [5.41, 5.74) is 2.21. The molecular formula is C13H18N2O. The standard InChI is InChI=1S/C13H18N2O/c1-10-5-3-4-6-12(10)14-9-13(16)15(2)11-7-8-11/h3-6,11,14H,7-9H2,1-2H3. The number of likely N-dealkylation sites (N-methyl/N-ethyl adjacent to an activating group) is 1. The van der Waals surface area contributed by atoms with Gasteiger partial charge in [0, 0.05) is 18.8 Å². The number of benzene rings is 1. The minimum atomic E-state index is 0.172. The Labute approximate surface area is 96.5 Å². The van der Waals surface area contributed by atoms with Crippen LogP contribution in [0.5, 0.6) is 0 Å². The fraction of sp³-hybridized carbons (Fsp3) is 0.462. The van der Waals surface area contributed by atoms with Crippen LogP contribution >= 0.6 is 0 Å². The molecule has 0 unspecified atom stereocenters. The van der Waals surface area contributed by atoms with Crippen LogP contribution in [0.3, 0.4) is 0 Å². The third-order valence-electron chi connectivity index (χ3n) is 3.06. The molecule has 1 saturated carbocycles. The maximum Gasteiger partial charge on any atom is 0.241 e. The number of aryl methyl sites for hydroxylation is 1. The molecule has 3 heteroatoms. The highest BCUT2D eigenvalue weighted by molar-refractivity contribution is 5.81. The van der Waals surface area contributed by atoms with E-state index < -0.39 is 0 Å². The first-order valence-electron chi connectivity index (χ1n) is 5.73. The van der Waals surface area contributed by atoms with E-state index in [9.17, 15) is 4.79 Å². The van der Waals surface area contributed by atoms with Crippen LogP contribution in [0.25, 0.3) is 0 Å². The van der Waals surface area contributed by atoms with Crippen LogP contribution in [0.4, 0.5) is 5.69 Å². The highest BCUT2D eigenvalue weighted by Crippen LogP contribution is 2.25. The summed E-state index contributed by atoms with van der Waals surface area (Å²) in [6.45, 7) is 2.43. The van der Waals surface area contributed by atoms with Crippen molar-refractivity contribution in [3.05, 3.63) is 29.8 Å². The number of anilines is 1. The van der Waals surface area contributed by atoms with Gasteiger partial charge in [0.1, 0.15) is 0 Å². The lowest BCUT2D eigenvalue weighted by molar-refractivity contribution is -0.128. The van der Waals surface area contributed by atoms with E-state index in [0.29, 0.717) is 12.6 Å². The number of carbonyl (C=O) groups is 1. The molecule has 1 aromatic rings. The van der Waals surface area contributed by atoms with E-state index in [4.69, 9.17) is 0 Å². The maximum absolute atomic E-state index is 11.8. The summed E-state index contributed by atoms with van der Waals surface area (Å²) in [6.07, 6.45) is 2.32. The van der Waals surface area contributed by atoms with Gasteiger partial charge in [-0.1, -0.05) is 18.2 Å². The molecule has 0 radical (unpaired) electrons. The van der Waals surface area contributed by atoms with E-state index in [1.165, 1.54) is 5.56 Å². The maximum atomic E-state index is 11.8. The molecule has 0 spiro atoms. The molecule has 2 rings (SSSR count). The Kier molecular flexibility index (Phi) is 3.13. The fourth-order valence-corrected chi connectivity index (χ4v) is 1.73. The Hall–Kier alpha value is -1.51. The summed E-state index contributed by atoms with van der Waals surface area (Å²) < 4.78 is 0. The molecule has 1 aliphatic carbocycles. The largest absolute Gasteiger partial charge is 0.376 e. The lowest BCUT2D eigenvalue weighted by Gasteiger charge is -2.17. The van der Waals surface area contributed by atoms with Gasteiger partial charge in [0.15, 0.2) is 0 Å². The second-order valence-corrected chi connectivity index (χ2v) is 4.40. The molecule has 0 aromatic heterocycles. The van der Waals surface area contributed by atoms with E-state index in [2.05, 4.69) is 5.32 Å². The number of amides is 1. The zero-order valence-electron chi connectivity index (χ0n) is 9.86. The summed E-state index contributed by atoms with van der Waals surface area (Å²) in [4.78, 5) is 13.6. The molecule has 0 aliphatic heterocycles. The normalized spacial score (nSPS) is 14.6. The Bertz CT molecular complexity index is 385. The van der Waals surface area contributed by atoms with Crippen LogP contribution in [-0.4, -0.2) is 30.4 Å². The zero-order chi connectivity index (χ0) is 11.5. The van der Waals surface area contributed by atoms with Crippen molar-refractivity contribution in [2.24, 2.45) is 0 Å². The number of nitrogens with one attached hydrogen (secondary N) is 1. The predicted octanol–water partition coefficient (Wildman–Crippen LogP) is 2.03. The second kappa shape index (κ2) is 4.56. The molecule has 1 N–H and O–H groups in total. The Balaban J connectivity index is 1.87. The second-order valence-electron chi connectivity index (χ2n) is 4.40. The molecule has 1 aromatic carbocycles. The van der Waals surface area contributed by atoms with Gasteiger partial charge in [0.25, 0.3) is 0 Å². The summed E-state index contributed by atoms with van der Waals surface area (Å²) in [5.74, 6) is 0.172. The van der Waals surface area contributed by atoms with Crippen molar-refractivity contribution in [2.75, 3.05) is 18.9 Å². The lowest BCUT2D eigenvalue weighted by atomic mass is 10.2. The third kappa shape index (κ3) is 2.54. The van der Waals surface area contributed by atoms with E-state index in [1.807, 2.05) is 43.1 Å². The molecular weight excluding hydrogens is 200 g/mol. The Morgan fingerprint density at radius 3 is 2.75 bits per heavy atom. The van der Waals surface area contributed by atoms with Crippen LogP contribution in [0.2, 0.25) is 0 Å². The highest BCUT2D eigenvalue weighted by atomic mass is 16.2. The van der Waals surface area contributed by atoms with Gasteiger partial charge in [0.2, 0.25) is 5.91 Å². The number of para-hydroxylation sites is 1. The molecule has 16 heavy (non-hydrogen) atoms. The molecule has 1 fully saturated rings. The van der Waals surface area contributed by atoms with Crippen LogP contribution in [0, 0.1) is 6.92 Å². The van der Waals surface area contributed by atoms with Crippen molar-refractivity contribution in [3.8, 4) is 0 Å². The molecule has 1 amide bonds. The number of carbonyl (C=O) groups excluding carboxylic acids is 1. The van der Waals surface area contributed by atoms with E-state index >= 15 is 0 Å². The van der Waals surface area contributed by atoms with E-state index in [1.54, 1.807) is 0 Å². The van der Waals surface area contributed by atoms with Crippen LogP contribution < -0.4 is 5.32 Å². The minimum absolute atomic E-state index is 0.172. The third-order valence-corrected chi connectivity index (χ3v) is 3.06. The van der Waals surface area contributed by atoms with Gasteiger partial charge in [-0.05, 0) is 31.4 Å². The summed E-state index contributed by atoms with van der Waals surface area (Å²) in [5, 5.41) is 3.19. The van der Waals surface area contributed by atoms with Crippen molar-refractivity contribution in [1.29, 1.82) is 0 Å². The molecule has 86 valence electrons. The van der Waals surface area contributed by atoms with Gasteiger partial charge in [-0.15, -0.1) is 0 Å². The molecule has 0 saturated heterocycles. The Morgan fingerprint density at radius 2 is 2.12 bits per heavy atom. The van der Waals surface area contributed by atoms with Crippen molar-refractivity contribution >= 4 is 11.6 Å². The monoisotopic (exact) mass is 218 g/mol. The first-order valence-corrected chi connectivity index (χ1v) is 5.73. The van der Waals surface area contributed by atoms with Crippen molar-refractivity contribution < 1.29 is 4.79 Å². The topological polar surface area (TPSA) is 32.3 Å². The molecule has 0 bridgehead atoms. The summed E-state index contributed by atoms with van der Waals surface area (Å²) >= 11 is 0. The SMILES string of the molecule is Cc1ccccc1NCC(=O)N(C)C1CC1. The quantitative estimate of drug-likeness (QED) is 0.838. The lowest BCUT2D eigenvalue weighted by Crippen LogP contribution is -2.33. The van der Waals surface area contributed by atoms with Crippen molar-refractivity contribution in [3.63, 3.8) is 0 Å². The summed E-state index contributed by atoms with van der Waals surface area (Å²) in [6, 6.07) is 8.51. The molecule has 1 aliphatic rings. The zero-order valence-corrected chi connectivity index (χ0v) is 9.86. The van der Waals surface area contributed by atoms with Gasteiger partial charge >= 0.3 is 0 Å². The van der Waals surface area contributed by atoms with Crippen LogP contribution in [0.1, 0.15) is 18.4 Å². The van der Waals surface area contributed by atoms with Crippen LogP contribution in [0.15, 0.2) is 24.3 Å². The molecule has 0 atom stereocenters. The van der Waals surface area contributed by atoms with Gasteiger partial charge in [-0.3, -0.25) is 4.79 Å². The predicted molar refractivity (Wildman–Crippen MR) is 65.5 cm³/mol. The van der Waals surface area contributed by atoms with E-state index in [0.717, 1.165) is 18.5 Å². The van der Waals surface area contributed by atoms with Gasteiger partial charge < -0.3 is 10.2 Å². The number of hydrogen-bond donors (Lipinski definition) is 1. The molecule has 3 nitrogen and oxygen atoms in total. The average Bonchev–Trinajstić information content (AvgIpc) is 3.10. The highest BCUT2D eigenvalue weighted by Gasteiger charge is 2.29. The minimum Gasteiger partial charge on any atom is -0.376 e. The number of hydrogen-bond acceptors (Lipinski definition) is 2. The Morgan fingerprint density at radius 1 is 1.44 bits per heavy atom. The van der Waals surface area contributed by atoms with E-state index in [-0.39, 0.29) is 5.91 Å². The first-order chi connectivity index (χ1) is 7.68. The van der Waals surface area contributed by atoms with Gasteiger partial charge in [-0.2, -0.15) is 0 Å². The van der Waals surface area contributed by atoms with Crippen molar-refractivity contribution in [1.82, 2.24) is 4.90 Å².